The summed E-state index contributed by atoms with van der Waals surface area (Å²) in [6.45, 7) is 0. The molecule has 0 saturated heterocycles. The minimum atomic E-state index is -0.136. The zero-order valence-corrected chi connectivity index (χ0v) is 17.8. The molecule has 0 aliphatic carbocycles. The summed E-state index contributed by atoms with van der Waals surface area (Å²) in [5.41, 5.74) is 2.99. The van der Waals surface area contributed by atoms with E-state index in [-0.39, 0.29) is 5.78 Å². The molecule has 3 nitrogen and oxygen atoms in total. The second-order valence-electron chi connectivity index (χ2n) is 7.03. The van der Waals surface area contributed by atoms with Crippen molar-refractivity contribution in [2.24, 2.45) is 0 Å². The average Bonchev–Trinajstić information content (AvgIpc) is 3.19. The molecule has 0 bridgehead atoms. The number of hydrogen-bond donors (Lipinski definition) is 0. The zero-order chi connectivity index (χ0) is 20.7. The van der Waals surface area contributed by atoms with E-state index in [4.69, 9.17) is 9.15 Å². The lowest BCUT2D eigenvalue weighted by Crippen LogP contribution is -2.01. The van der Waals surface area contributed by atoms with Crippen LogP contribution < -0.4 is 4.74 Å². The Kier molecular flexibility index (Phi) is 4.64. The molecule has 1 aromatic heterocycles. The Morgan fingerprint density at radius 3 is 2.40 bits per heavy atom. The first kappa shape index (κ1) is 18.6. The van der Waals surface area contributed by atoms with Crippen LogP contribution in [0.1, 0.15) is 16.1 Å². The topological polar surface area (TPSA) is 39.4 Å². The maximum Gasteiger partial charge on any atom is 0.228 e. The van der Waals surface area contributed by atoms with Crippen molar-refractivity contribution < 1.29 is 13.9 Å². The van der Waals surface area contributed by atoms with E-state index in [0.29, 0.717) is 16.9 Å². The molecule has 0 aliphatic heterocycles. The number of halogens is 1. The van der Waals surface area contributed by atoms with Gasteiger partial charge in [-0.1, -0.05) is 70.5 Å². The second kappa shape index (κ2) is 7.47. The van der Waals surface area contributed by atoms with Crippen molar-refractivity contribution in [1.82, 2.24) is 0 Å². The van der Waals surface area contributed by atoms with Gasteiger partial charge in [0.25, 0.3) is 0 Å². The molecule has 30 heavy (non-hydrogen) atoms. The Bertz CT molecular complexity index is 1380. The molecule has 0 fully saturated rings. The number of ketones is 1. The Morgan fingerprint density at radius 2 is 1.67 bits per heavy atom. The van der Waals surface area contributed by atoms with Crippen LogP contribution in [0.3, 0.4) is 0 Å². The predicted octanol–water partition coefficient (Wildman–Crippen LogP) is 7.26. The Labute approximate surface area is 182 Å². The maximum atomic E-state index is 13.4. The number of benzene rings is 4. The van der Waals surface area contributed by atoms with E-state index in [1.807, 2.05) is 72.8 Å². The number of carbonyl (C=O) groups is 1. The summed E-state index contributed by atoms with van der Waals surface area (Å²) >= 11 is 3.54. The molecule has 0 radical (unpaired) electrons. The van der Waals surface area contributed by atoms with Crippen LogP contribution >= 0.6 is 15.9 Å². The van der Waals surface area contributed by atoms with E-state index in [2.05, 4.69) is 28.1 Å². The van der Waals surface area contributed by atoms with Crippen LogP contribution in [0, 0.1) is 0 Å². The molecule has 0 unspecified atom stereocenters. The molecule has 5 rings (SSSR count). The highest BCUT2D eigenvalue weighted by Crippen LogP contribution is 2.41. The summed E-state index contributed by atoms with van der Waals surface area (Å²) in [6.07, 6.45) is 0. The molecule has 4 aromatic carbocycles. The highest BCUT2D eigenvalue weighted by Gasteiger charge is 2.24. The number of carbonyl (C=O) groups excluding carboxylic acids is 1. The molecule has 0 saturated carbocycles. The average molecular weight is 457 g/mol. The molecular weight excluding hydrogens is 440 g/mol. The van der Waals surface area contributed by atoms with Crippen LogP contribution in [0.25, 0.3) is 32.9 Å². The van der Waals surface area contributed by atoms with Gasteiger partial charge in [-0.15, -0.1) is 0 Å². The number of hydrogen-bond acceptors (Lipinski definition) is 3. The zero-order valence-electron chi connectivity index (χ0n) is 16.2. The molecule has 0 atom stereocenters. The van der Waals surface area contributed by atoms with E-state index in [1.54, 1.807) is 7.11 Å². The smallest absolute Gasteiger partial charge is 0.228 e. The van der Waals surface area contributed by atoms with E-state index >= 15 is 0 Å². The number of fused-ring (bicyclic) bond motifs is 3. The highest BCUT2D eigenvalue weighted by atomic mass is 79.9. The van der Waals surface area contributed by atoms with Gasteiger partial charge in [0.15, 0.2) is 5.76 Å². The van der Waals surface area contributed by atoms with Crippen LogP contribution in [0.15, 0.2) is 93.8 Å². The first-order valence-electron chi connectivity index (χ1n) is 9.54. The van der Waals surface area contributed by atoms with Crippen molar-refractivity contribution in [3.8, 4) is 16.9 Å². The lowest BCUT2D eigenvalue weighted by molar-refractivity contribution is 0.101. The van der Waals surface area contributed by atoms with Crippen molar-refractivity contribution in [2.75, 3.05) is 7.11 Å². The van der Waals surface area contributed by atoms with Gasteiger partial charge in [0.1, 0.15) is 11.3 Å². The third-order valence-electron chi connectivity index (χ3n) is 5.25. The van der Waals surface area contributed by atoms with Gasteiger partial charge in [0.05, 0.1) is 7.11 Å². The molecular formula is C26H17BrO3. The van der Waals surface area contributed by atoms with Crippen LogP contribution in [-0.4, -0.2) is 12.9 Å². The van der Waals surface area contributed by atoms with Gasteiger partial charge in [-0.3, -0.25) is 4.79 Å². The van der Waals surface area contributed by atoms with Gasteiger partial charge in [-0.05, 0) is 46.7 Å². The molecule has 0 aliphatic rings. The van der Waals surface area contributed by atoms with Gasteiger partial charge in [-0.2, -0.15) is 0 Å². The fourth-order valence-electron chi connectivity index (χ4n) is 3.81. The molecule has 0 spiro atoms. The minimum absolute atomic E-state index is 0.136. The van der Waals surface area contributed by atoms with Gasteiger partial charge in [0.2, 0.25) is 5.78 Å². The summed E-state index contributed by atoms with van der Waals surface area (Å²) in [7, 11) is 1.64. The normalized spacial score (nSPS) is 11.1. The third-order valence-corrected chi connectivity index (χ3v) is 5.75. The quantitative estimate of drug-likeness (QED) is 0.267. The van der Waals surface area contributed by atoms with E-state index in [9.17, 15) is 4.79 Å². The highest BCUT2D eigenvalue weighted by molar-refractivity contribution is 9.10. The number of furan rings is 1. The first-order valence-corrected chi connectivity index (χ1v) is 10.3. The maximum absolute atomic E-state index is 13.4. The van der Waals surface area contributed by atoms with Gasteiger partial charge >= 0.3 is 0 Å². The first-order chi connectivity index (χ1) is 14.7. The summed E-state index contributed by atoms with van der Waals surface area (Å²) in [6, 6.07) is 27.0. The molecule has 4 heteroatoms. The van der Waals surface area contributed by atoms with Gasteiger partial charge in [-0.25, -0.2) is 0 Å². The van der Waals surface area contributed by atoms with Crippen molar-refractivity contribution >= 4 is 43.5 Å². The number of ether oxygens (including phenoxy) is 1. The SMILES string of the molecule is COc1ccc(-c2c(C(=O)c3ccccc3)oc3ccc4cc(Br)ccc4c23)cc1. The summed E-state index contributed by atoms with van der Waals surface area (Å²) in [4.78, 5) is 13.4. The van der Waals surface area contributed by atoms with E-state index in [0.717, 1.165) is 37.5 Å². The summed E-state index contributed by atoms with van der Waals surface area (Å²) < 4.78 is 12.5. The predicted molar refractivity (Wildman–Crippen MR) is 123 cm³/mol. The minimum Gasteiger partial charge on any atom is -0.497 e. The monoisotopic (exact) mass is 456 g/mol. The molecule has 1 heterocycles. The Balaban J connectivity index is 1.85. The molecule has 0 N–H and O–H groups in total. The lowest BCUT2D eigenvalue weighted by atomic mass is 9.95. The van der Waals surface area contributed by atoms with Crippen LogP contribution in [-0.2, 0) is 0 Å². The Hall–Kier alpha value is -3.37. The van der Waals surface area contributed by atoms with Crippen LogP contribution in [0.4, 0.5) is 0 Å². The largest absolute Gasteiger partial charge is 0.497 e. The van der Waals surface area contributed by atoms with E-state index < -0.39 is 0 Å². The molecule has 146 valence electrons. The second-order valence-corrected chi connectivity index (χ2v) is 7.95. The van der Waals surface area contributed by atoms with Gasteiger partial charge < -0.3 is 9.15 Å². The standard InChI is InChI=1S/C26H17BrO3/c1-29-20-11-7-16(8-12-20)23-24-21-13-10-19(27)15-18(21)9-14-22(24)30-26(23)25(28)17-5-3-2-4-6-17/h2-15H,1H3. The van der Waals surface area contributed by atoms with Crippen LogP contribution in [0.2, 0.25) is 0 Å². The lowest BCUT2D eigenvalue weighted by Gasteiger charge is -2.07. The number of rotatable bonds is 4. The van der Waals surface area contributed by atoms with Crippen molar-refractivity contribution in [2.45, 2.75) is 0 Å². The van der Waals surface area contributed by atoms with Crippen molar-refractivity contribution in [1.29, 1.82) is 0 Å². The summed E-state index contributed by atoms with van der Waals surface area (Å²) in [5, 5.41) is 3.05. The molecule has 0 amide bonds. The summed E-state index contributed by atoms with van der Waals surface area (Å²) in [5.74, 6) is 0.968. The fraction of sp³-hybridized carbons (Fsp3) is 0.0385. The Morgan fingerprint density at radius 1 is 0.900 bits per heavy atom. The third kappa shape index (κ3) is 3.10. The molecule has 5 aromatic rings. The van der Waals surface area contributed by atoms with Gasteiger partial charge in [0, 0.05) is 21.0 Å². The van der Waals surface area contributed by atoms with Crippen molar-refractivity contribution in [3.05, 3.63) is 101 Å². The number of methoxy groups -OCH3 is 1. The van der Waals surface area contributed by atoms with Crippen LogP contribution in [0.5, 0.6) is 5.75 Å². The van der Waals surface area contributed by atoms with Crippen molar-refractivity contribution in [3.63, 3.8) is 0 Å². The fourth-order valence-corrected chi connectivity index (χ4v) is 4.19. The van der Waals surface area contributed by atoms with E-state index in [1.165, 1.54) is 0 Å².